The first kappa shape index (κ1) is 42.7. The molecule has 352 valence electrons. The van der Waals surface area contributed by atoms with Crippen LogP contribution in [0.5, 0.6) is 0 Å². The molecule has 74 heavy (non-hydrogen) atoms. The number of rotatable bonds is 6. The zero-order valence-electron chi connectivity index (χ0n) is 39.8. The number of anilines is 6. The maximum atomic E-state index is 14.6. The molecule has 0 heterocycles. The van der Waals surface area contributed by atoms with Crippen LogP contribution in [0.1, 0.15) is 57.3 Å². The number of hydrogen-bond donors (Lipinski definition) is 0. The second kappa shape index (κ2) is 15.7. The Morgan fingerprint density at radius 3 is 1.08 bits per heavy atom. The lowest BCUT2D eigenvalue weighted by Crippen LogP contribution is -2.29. The van der Waals surface area contributed by atoms with Crippen LogP contribution in [0.3, 0.4) is 0 Å². The quantitative estimate of drug-likeness (QED) is 0.153. The van der Waals surface area contributed by atoms with Crippen LogP contribution >= 0.6 is 0 Å². The van der Waals surface area contributed by atoms with Crippen LogP contribution in [0.25, 0.3) is 39.0 Å². The molecule has 0 bridgehead atoms. The lowest BCUT2D eigenvalue weighted by molar-refractivity contribution is 0.627. The van der Waals surface area contributed by atoms with Crippen molar-refractivity contribution in [2.24, 2.45) is 0 Å². The van der Waals surface area contributed by atoms with Crippen LogP contribution in [0.4, 0.5) is 51.7 Å². The van der Waals surface area contributed by atoms with E-state index in [9.17, 15) is 17.6 Å². The number of hydrogen-bond acceptors (Lipinski definition) is 2. The Kier molecular flexibility index (Phi) is 9.08. The minimum Gasteiger partial charge on any atom is -0.310 e. The lowest BCUT2D eigenvalue weighted by Gasteiger charge is -2.35. The summed E-state index contributed by atoms with van der Waals surface area (Å²) in [5.41, 5.74) is 22.4. The first-order valence-electron chi connectivity index (χ1n) is 25.1. The van der Waals surface area contributed by atoms with Gasteiger partial charge in [0.25, 0.3) is 0 Å². The van der Waals surface area contributed by atoms with Gasteiger partial charge in [-0.1, -0.05) is 97.1 Å². The molecule has 1 unspecified atom stereocenters. The van der Waals surface area contributed by atoms with Crippen molar-refractivity contribution in [3.63, 3.8) is 0 Å². The largest absolute Gasteiger partial charge is 0.310 e. The molecule has 0 aromatic heterocycles. The number of allylic oxidation sites excluding steroid dienone is 4. The van der Waals surface area contributed by atoms with E-state index in [1.807, 2.05) is 0 Å². The van der Waals surface area contributed by atoms with Crippen LogP contribution in [-0.2, 0) is 10.8 Å². The fourth-order valence-corrected chi connectivity index (χ4v) is 13.6. The van der Waals surface area contributed by atoms with E-state index in [2.05, 4.69) is 143 Å². The molecule has 0 aliphatic heterocycles. The van der Waals surface area contributed by atoms with Gasteiger partial charge in [-0.15, -0.1) is 0 Å². The van der Waals surface area contributed by atoms with E-state index in [0.29, 0.717) is 0 Å². The molecule has 10 aromatic carbocycles. The number of benzene rings is 10. The highest BCUT2D eigenvalue weighted by molar-refractivity contribution is 6.03. The van der Waals surface area contributed by atoms with Gasteiger partial charge < -0.3 is 9.80 Å². The zero-order chi connectivity index (χ0) is 49.5. The van der Waals surface area contributed by atoms with Gasteiger partial charge in [0.05, 0.1) is 10.8 Å². The molecule has 0 fully saturated rings. The second-order valence-corrected chi connectivity index (χ2v) is 19.9. The number of halogens is 4. The van der Waals surface area contributed by atoms with Gasteiger partial charge in [0, 0.05) is 34.1 Å². The van der Waals surface area contributed by atoms with Gasteiger partial charge in [0.15, 0.2) is 0 Å². The monoisotopic (exact) mass is 962 g/mol. The van der Waals surface area contributed by atoms with Crippen molar-refractivity contribution in [2.75, 3.05) is 9.80 Å². The van der Waals surface area contributed by atoms with E-state index in [4.69, 9.17) is 0 Å². The van der Waals surface area contributed by atoms with Gasteiger partial charge in [-0.05, 0) is 235 Å². The molecule has 0 amide bonds. The highest BCUT2D eigenvalue weighted by atomic mass is 19.1. The summed E-state index contributed by atoms with van der Waals surface area (Å²) in [6.45, 7) is 0. The molecular formula is C68H42F4N2. The zero-order valence-corrected chi connectivity index (χ0v) is 39.8. The molecular weight excluding hydrogens is 921 g/mol. The van der Waals surface area contributed by atoms with Gasteiger partial charge in [0.2, 0.25) is 0 Å². The average molecular weight is 963 g/mol. The van der Waals surface area contributed by atoms with E-state index >= 15 is 0 Å². The molecule has 2 spiro atoms. The van der Waals surface area contributed by atoms with E-state index in [-0.39, 0.29) is 23.3 Å². The summed E-state index contributed by atoms with van der Waals surface area (Å²) in [6.07, 6.45) is 6.38. The smallest absolute Gasteiger partial charge is 0.123 e. The van der Waals surface area contributed by atoms with E-state index < -0.39 is 10.8 Å². The molecule has 0 N–H and O–H groups in total. The SMILES string of the molecule is Fc1ccc(N(c2ccc(F)cc2)c2ccc3c(c2)C2(C4=C(C=CCC4)c4ccccc42)c2cc4c(cc2-3)C2(c3ccccc3-c3ccccc32)c2cc(N(c3ccc(F)cc3)c3ccc(F)cc3)ccc2-4)cc1. The van der Waals surface area contributed by atoms with E-state index in [0.717, 1.165) is 74.8 Å². The van der Waals surface area contributed by atoms with Crippen molar-refractivity contribution in [3.05, 3.63) is 304 Å². The molecule has 5 aliphatic rings. The van der Waals surface area contributed by atoms with Gasteiger partial charge in [-0.25, -0.2) is 17.6 Å². The summed E-state index contributed by atoms with van der Waals surface area (Å²) < 4.78 is 58.5. The first-order chi connectivity index (χ1) is 36.3. The Hall–Kier alpha value is -9.00. The summed E-state index contributed by atoms with van der Waals surface area (Å²) in [4.78, 5) is 4.16. The predicted octanol–water partition coefficient (Wildman–Crippen LogP) is 18.0. The Labute approximate surface area is 426 Å². The molecule has 0 radical (unpaired) electrons. The average Bonchev–Trinajstić information content (AvgIpc) is 4.15. The highest BCUT2D eigenvalue weighted by Gasteiger charge is 2.57. The number of fused-ring (bicyclic) bond motifs is 19. The van der Waals surface area contributed by atoms with Gasteiger partial charge in [0.1, 0.15) is 23.3 Å². The normalized spacial score (nSPS) is 16.3. The third-order valence-corrected chi connectivity index (χ3v) is 16.4. The van der Waals surface area contributed by atoms with Crippen molar-refractivity contribution in [1.29, 1.82) is 0 Å². The van der Waals surface area contributed by atoms with Crippen LogP contribution in [0.2, 0.25) is 0 Å². The first-order valence-corrected chi connectivity index (χ1v) is 25.1. The van der Waals surface area contributed by atoms with Gasteiger partial charge >= 0.3 is 0 Å². The maximum Gasteiger partial charge on any atom is 0.123 e. The Bertz CT molecular complexity index is 3920. The third-order valence-electron chi connectivity index (χ3n) is 16.4. The molecule has 0 saturated heterocycles. The minimum atomic E-state index is -0.746. The Morgan fingerprint density at radius 2 is 0.635 bits per heavy atom. The molecule has 5 aliphatic carbocycles. The van der Waals surface area contributed by atoms with Crippen molar-refractivity contribution in [3.8, 4) is 33.4 Å². The standard InChI is InChI=1S/C68H42F4N2/c69-41-17-25-45(26-18-41)73(46-27-19-42(70)20-28-46)49-33-35-55-57-40-66-58(39-65(57)67(63(55)37-49)59-13-5-1-9-51(59)52-10-2-6-14-60(52)67)56-36-34-50(74(47-29-21-43(71)22-30-47)48-31-23-44(72)24-32-48)38-64(56)68(66)61-15-7-3-11-53(61)54-12-4-8-16-62(54)68/h1-7,9-15,17-40H,8,16H2. The summed E-state index contributed by atoms with van der Waals surface area (Å²) in [6, 6.07) is 70.8. The topological polar surface area (TPSA) is 6.48 Å². The maximum absolute atomic E-state index is 14.6. The van der Waals surface area contributed by atoms with Crippen LogP contribution in [0.15, 0.2) is 236 Å². The predicted molar refractivity (Wildman–Crippen MR) is 289 cm³/mol. The molecule has 10 aromatic rings. The Balaban J connectivity index is 1.03. The molecule has 1 atom stereocenters. The fourth-order valence-electron chi connectivity index (χ4n) is 13.6. The Morgan fingerprint density at radius 1 is 0.297 bits per heavy atom. The van der Waals surface area contributed by atoms with Crippen molar-refractivity contribution >= 4 is 39.7 Å². The summed E-state index contributed by atoms with van der Waals surface area (Å²) >= 11 is 0. The molecule has 6 heteroatoms. The second-order valence-electron chi connectivity index (χ2n) is 19.9. The van der Waals surface area contributed by atoms with Crippen LogP contribution in [-0.4, -0.2) is 0 Å². The van der Waals surface area contributed by atoms with Gasteiger partial charge in [-0.3, -0.25) is 0 Å². The molecule has 15 rings (SSSR count). The van der Waals surface area contributed by atoms with Gasteiger partial charge in [-0.2, -0.15) is 0 Å². The lowest BCUT2D eigenvalue weighted by atomic mass is 9.67. The highest BCUT2D eigenvalue weighted by Crippen LogP contribution is 2.69. The van der Waals surface area contributed by atoms with Crippen molar-refractivity contribution in [1.82, 2.24) is 0 Å². The summed E-state index contributed by atoms with van der Waals surface area (Å²) in [5, 5.41) is 0. The fraction of sp³-hybridized carbons (Fsp3) is 0.0588. The molecule has 2 nitrogen and oxygen atoms in total. The summed E-state index contributed by atoms with van der Waals surface area (Å²) in [7, 11) is 0. The van der Waals surface area contributed by atoms with Crippen LogP contribution in [0, 0.1) is 23.3 Å². The van der Waals surface area contributed by atoms with Crippen LogP contribution < -0.4 is 9.80 Å². The van der Waals surface area contributed by atoms with Crippen molar-refractivity contribution < 1.29 is 17.6 Å². The minimum absolute atomic E-state index is 0.335. The summed E-state index contributed by atoms with van der Waals surface area (Å²) in [5.74, 6) is -1.35. The van der Waals surface area contributed by atoms with Crippen molar-refractivity contribution in [2.45, 2.75) is 23.7 Å². The number of nitrogens with zero attached hydrogens (tertiary/aromatic N) is 2. The third kappa shape index (κ3) is 5.76. The molecule has 0 saturated carbocycles. The van der Waals surface area contributed by atoms with E-state index in [1.54, 1.807) is 48.5 Å². The van der Waals surface area contributed by atoms with E-state index in [1.165, 1.54) is 110 Å².